The molecule has 1 aromatic carbocycles. The van der Waals surface area contributed by atoms with E-state index in [0.717, 1.165) is 23.1 Å². The Morgan fingerprint density at radius 3 is 2.52 bits per heavy atom. The van der Waals surface area contributed by atoms with Crippen LogP contribution < -0.4 is 10.2 Å². The first-order valence-electron chi connectivity index (χ1n) is 7.63. The average Bonchev–Trinajstić information content (AvgIpc) is 2.99. The number of aromatic nitrogens is 2. The highest BCUT2D eigenvalue weighted by atomic mass is 15.2. The quantitative estimate of drug-likeness (QED) is 0.923. The fraction of sp³-hybridized carbons (Fsp3) is 0.412. The molecule has 1 aliphatic rings. The van der Waals surface area contributed by atoms with Gasteiger partial charge in [-0.1, -0.05) is 31.0 Å². The van der Waals surface area contributed by atoms with Crippen molar-refractivity contribution in [2.24, 2.45) is 0 Å². The monoisotopic (exact) mass is 282 g/mol. The Labute approximate surface area is 126 Å². The molecule has 1 saturated carbocycles. The number of anilines is 3. The van der Waals surface area contributed by atoms with Crippen LogP contribution in [0.2, 0.25) is 0 Å². The molecule has 0 unspecified atom stereocenters. The first kappa shape index (κ1) is 13.9. The molecule has 0 saturated heterocycles. The van der Waals surface area contributed by atoms with Crippen LogP contribution in [0.25, 0.3) is 0 Å². The highest BCUT2D eigenvalue weighted by Crippen LogP contribution is 2.25. The van der Waals surface area contributed by atoms with Crippen molar-refractivity contribution < 1.29 is 0 Å². The number of aryl methyl sites for hydroxylation is 1. The van der Waals surface area contributed by atoms with Crippen LogP contribution >= 0.6 is 0 Å². The van der Waals surface area contributed by atoms with Crippen LogP contribution in [0.5, 0.6) is 0 Å². The van der Waals surface area contributed by atoms with Crippen molar-refractivity contribution in [3.05, 3.63) is 42.1 Å². The van der Waals surface area contributed by atoms with Gasteiger partial charge in [-0.2, -0.15) is 4.98 Å². The van der Waals surface area contributed by atoms with Gasteiger partial charge in [-0.15, -0.1) is 0 Å². The van der Waals surface area contributed by atoms with Gasteiger partial charge in [0.1, 0.15) is 5.82 Å². The lowest BCUT2D eigenvalue weighted by Crippen LogP contribution is -2.19. The third-order valence-corrected chi connectivity index (χ3v) is 4.02. The van der Waals surface area contributed by atoms with E-state index in [0.29, 0.717) is 6.04 Å². The fourth-order valence-electron chi connectivity index (χ4n) is 2.82. The minimum Gasteiger partial charge on any atom is -0.351 e. The molecule has 0 amide bonds. The molecular weight excluding hydrogens is 260 g/mol. The standard InChI is InChI=1S/C17H22N4/c1-13-12-16(21(2)15-10-4-3-5-11-15)20-17(18-13)19-14-8-6-7-9-14/h3-5,10-12,14H,6-9H2,1-2H3,(H,18,19,20). The zero-order valence-corrected chi connectivity index (χ0v) is 12.7. The minimum atomic E-state index is 0.529. The molecule has 1 aliphatic carbocycles. The first-order chi connectivity index (χ1) is 10.2. The molecule has 0 spiro atoms. The number of hydrogen-bond donors (Lipinski definition) is 1. The molecule has 4 nitrogen and oxygen atoms in total. The van der Waals surface area contributed by atoms with Crippen LogP contribution in [0.15, 0.2) is 36.4 Å². The maximum Gasteiger partial charge on any atom is 0.225 e. The van der Waals surface area contributed by atoms with Crippen LogP contribution in [0.4, 0.5) is 17.5 Å². The van der Waals surface area contributed by atoms with Gasteiger partial charge in [0, 0.05) is 30.5 Å². The van der Waals surface area contributed by atoms with Crippen molar-refractivity contribution in [2.75, 3.05) is 17.3 Å². The number of nitrogens with one attached hydrogen (secondary N) is 1. The number of para-hydroxylation sites is 1. The second-order valence-electron chi connectivity index (χ2n) is 5.71. The molecule has 4 heteroatoms. The summed E-state index contributed by atoms with van der Waals surface area (Å²) in [4.78, 5) is 11.3. The van der Waals surface area contributed by atoms with Gasteiger partial charge in [-0.25, -0.2) is 4.98 Å². The van der Waals surface area contributed by atoms with E-state index in [-0.39, 0.29) is 0 Å². The van der Waals surface area contributed by atoms with Crippen LogP contribution in [0.1, 0.15) is 31.4 Å². The fourth-order valence-corrected chi connectivity index (χ4v) is 2.82. The van der Waals surface area contributed by atoms with Gasteiger partial charge in [-0.3, -0.25) is 0 Å². The van der Waals surface area contributed by atoms with Crippen LogP contribution in [-0.2, 0) is 0 Å². The zero-order chi connectivity index (χ0) is 14.7. The Hall–Kier alpha value is -2.10. The molecule has 1 heterocycles. The summed E-state index contributed by atoms with van der Waals surface area (Å²) in [6.07, 6.45) is 5.06. The van der Waals surface area contributed by atoms with Crippen LogP contribution in [0, 0.1) is 6.92 Å². The van der Waals surface area contributed by atoms with Gasteiger partial charge >= 0.3 is 0 Å². The highest BCUT2D eigenvalue weighted by molar-refractivity contribution is 5.60. The lowest BCUT2D eigenvalue weighted by atomic mass is 10.2. The summed E-state index contributed by atoms with van der Waals surface area (Å²) >= 11 is 0. The molecule has 2 aromatic rings. The number of nitrogens with zero attached hydrogens (tertiary/aromatic N) is 3. The molecular formula is C17H22N4. The molecule has 0 atom stereocenters. The predicted molar refractivity (Wildman–Crippen MR) is 87.2 cm³/mol. The average molecular weight is 282 g/mol. The molecule has 21 heavy (non-hydrogen) atoms. The van der Waals surface area contributed by atoms with E-state index in [1.165, 1.54) is 25.7 Å². The van der Waals surface area contributed by atoms with Gasteiger partial charge in [0.05, 0.1) is 0 Å². The van der Waals surface area contributed by atoms with Crippen LogP contribution in [0.3, 0.4) is 0 Å². The summed E-state index contributed by atoms with van der Waals surface area (Å²) in [6, 6.07) is 12.8. The molecule has 1 N–H and O–H groups in total. The van der Waals surface area contributed by atoms with E-state index in [1.807, 2.05) is 38.2 Å². The summed E-state index contributed by atoms with van der Waals surface area (Å²) in [5, 5.41) is 3.48. The second-order valence-corrected chi connectivity index (χ2v) is 5.71. The van der Waals surface area contributed by atoms with Crippen molar-refractivity contribution in [1.82, 2.24) is 9.97 Å². The predicted octanol–water partition coefficient (Wildman–Crippen LogP) is 3.91. The number of rotatable bonds is 4. The van der Waals surface area contributed by atoms with Gasteiger partial charge in [-0.05, 0) is 31.9 Å². The maximum absolute atomic E-state index is 4.68. The molecule has 0 aliphatic heterocycles. The van der Waals surface area contributed by atoms with Crippen molar-refractivity contribution in [1.29, 1.82) is 0 Å². The van der Waals surface area contributed by atoms with Crippen molar-refractivity contribution >= 4 is 17.5 Å². The third-order valence-electron chi connectivity index (χ3n) is 4.02. The summed E-state index contributed by atoms with van der Waals surface area (Å²) in [7, 11) is 2.04. The molecule has 0 bridgehead atoms. The van der Waals surface area contributed by atoms with Gasteiger partial charge in [0.2, 0.25) is 5.95 Å². The Morgan fingerprint density at radius 2 is 1.81 bits per heavy atom. The normalized spacial score (nSPS) is 15.1. The van der Waals surface area contributed by atoms with E-state index >= 15 is 0 Å². The molecule has 1 fully saturated rings. The van der Waals surface area contributed by atoms with E-state index in [1.54, 1.807) is 0 Å². The van der Waals surface area contributed by atoms with Crippen molar-refractivity contribution in [2.45, 2.75) is 38.6 Å². The lowest BCUT2D eigenvalue weighted by molar-refractivity contribution is 0.742. The number of benzene rings is 1. The van der Waals surface area contributed by atoms with Crippen molar-refractivity contribution in [3.8, 4) is 0 Å². The van der Waals surface area contributed by atoms with Gasteiger partial charge in [0.25, 0.3) is 0 Å². The topological polar surface area (TPSA) is 41.1 Å². The Kier molecular flexibility index (Phi) is 4.04. The summed E-state index contributed by atoms with van der Waals surface area (Å²) in [5.41, 5.74) is 2.12. The molecule has 0 radical (unpaired) electrons. The summed E-state index contributed by atoms with van der Waals surface area (Å²) < 4.78 is 0. The summed E-state index contributed by atoms with van der Waals surface area (Å²) in [6.45, 7) is 2.02. The molecule has 1 aromatic heterocycles. The molecule has 3 rings (SSSR count). The van der Waals surface area contributed by atoms with E-state index in [2.05, 4.69) is 32.3 Å². The van der Waals surface area contributed by atoms with E-state index in [9.17, 15) is 0 Å². The Morgan fingerprint density at radius 1 is 1.10 bits per heavy atom. The molecule has 110 valence electrons. The van der Waals surface area contributed by atoms with Gasteiger partial charge < -0.3 is 10.2 Å². The second kappa shape index (κ2) is 6.12. The van der Waals surface area contributed by atoms with E-state index < -0.39 is 0 Å². The lowest BCUT2D eigenvalue weighted by Gasteiger charge is -2.20. The van der Waals surface area contributed by atoms with Crippen LogP contribution in [-0.4, -0.2) is 23.1 Å². The summed E-state index contributed by atoms with van der Waals surface area (Å²) in [5.74, 6) is 1.67. The largest absolute Gasteiger partial charge is 0.351 e. The minimum absolute atomic E-state index is 0.529. The first-order valence-corrected chi connectivity index (χ1v) is 7.63. The zero-order valence-electron chi connectivity index (χ0n) is 12.7. The number of hydrogen-bond acceptors (Lipinski definition) is 4. The highest BCUT2D eigenvalue weighted by Gasteiger charge is 2.16. The van der Waals surface area contributed by atoms with Gasteiger partial charge in [0.15, 0.2) is 0 Å². The Balaban J connectivity index is 1.83. The van der Waals surface area contributed by atoms with Crippen molar-refractivity contribution in [3.63, 3.8) is 0 Å². The Bertz CT molecular complexity index is 591. The van der Waals surface area contributed by atoms with E-state index in [4.69, 9.17) is 0 Å². The third kappa shape index (κ3) is 3.32. The smallest absolute Gasteiger partial charge is 0.225 e. The SMILES string of the molecule is Cc1cc(N(C)c2ccccc2)nc(NC2CCCC2)n1. The maximum atomic E-state index is 4.68.